The standard InChI is InChI=1S/C21H23N3O3/c1-26-18-9-6-14(12-19(18)27-2)10-11-23-20(25)13-16-8-7-15-4-3-5-17(22)21(15)24-16/h3-9,12H,10-11,13,22H2,1-2H3,(H,23,25). The highest BCUT2D eigenvalue weighted by atomic mass is 16.5. The van der Waals surface area contributed by atoms with Gasteiger partial charge in [0.15, 0.2) is 11.5 Å². The number of amides is 1. The van der Waals surface area contributed by atoms with Crippen molar-refractivity contribution in [2.24, 2.45) is 0 Å². The van der Waals surface area contributed by atoms with Crippen LogP contribution in [0.15, 0.2) is 48.5 Å². The number of nitrogens with two attached hydrogens (primary N) is 1. The summed E-state index contributed by atoms with van der Waals surface area (Å²) in [6, 6.07) is 15.2. The summed E-state index contributed by atoms with van der Waals surface area (Å²) in [5.74, 6) is 1.29. The smallest absolute Gasteiger partial charge is 0.226 e. The molecule has 0 spiro atoms. The molecule has 1 aromatic heterocycles. The first kappa shape index (κ1) is 18.5. The molecule has 2 aromatic carbocycles. The van der Waals surface area contributed by atoms with Crippen LogP contribution in [0, 0.1) is 0 Å². The van der Waals surface area contributed by atoms with Gasteiger partial charge in [0.05, 0.1) is 37.5 Å². The van der Waals surface area contributed by atoms with E-state index < -0.39 is 0 Å². The highest BCUT2D eigenvalue weighted by Crippen LogP contribution is 2.27. The molecular formula is C21H23N3O3. The van der Waals surface area contributed by atoms with Crippen LogP contribution in [0.25, 0.3) is 10.9 Å². The molecular weight excluding hydrogens is 342 g/mol. The van der Waals surface area contributed by atoms with Crippen molar-refractivity contribution in [2.45, 2.75) is 12.8 Å². The van der Waals surface area contributed by atoms with Crippen LogP contribution in [0.5, 0.6) is 11.5 Å². The lowest BCUT2D eigenvalue weighted by atomic mass is 10.1. The van der Waals surface area contributed by atoms with E-state index in [-0.39, 0.29) is 12.3 Å². The van der Waals surface area contributed by atoms with Crippen LogP contribution in [0.3, 0.4) is 0 Å². The molecule has 0 bridgehead atoms. The maximum atomic E-state index is 12.2. The Bertz CT molecular complexity index is 957. The van der Waals surface area contributed by atoms with E-state index in [4.69, 9.17) is 15.2 Å². The average Bonchev–Trinajstić information content (AvgIpc) is 2.68. The van der Waals surface area contributed by atoms with Crippen molar-refractivity contribution in [3.63, 3.8) is 0 Å². The summed E-state index contributed by atoms with van der Waals surface area (Å²) in [5, 5.41) is 3.89. The number of rotatable bonds is 7. The molecule has 0 aliphatic carbocycles. The number of nitrogens with one attached hydrogen (secondary N) is 1. The van der Waals surface area contributed by atoms with E-state index in [1.54, 1.807) is 14.2 Å². The minimum Gasteiger partial charge on any atom is -0.493 e. The molecule has 3 aromatic rings. The molecule has 3 N–H and O–H groups in total. The fourth-order valence-electron chi connectivity index (χ4n) is 2.92. The SMILES string of the molecule is COc1ccc(CCNC(=O)Cc2ccc3cccc(N)c3n2)cc1OC. The first-order valence-corrected chi connectivity index (χ1v) is 8.72. The second-order valence-corrected chi connectivity index (χ2v) is 6.19. The van der Waals surface area contributed by atoms with Gasteiger partial charge in [-0.1, -0.05) is 24.3 Å². The average molecular weight is 365 g/mol. The molecule has 0 atom stereocenters. The molecule has 0 saturated carbocycles. The lowest BCUT2D eigenvalue weighted by Crippen LogP contribution is -2.27. The summed E-state index contributed by atoms with van der Waals surface area (Å²) in [4.78, 5) is 16.7. The number of nitrogens with zero attached hydrogens (tertiary/aromatic N) is 1. The van der Waals surface area contributed by atoms with Crippen LogP contribution in [0.2, 0.25) is 0 Å². The number of ether oxygens (including phenoxy) is 2. The third-order valence-corrected chi connectivity index (χ3v) is 4.33. The van der Waals surface area contributed by atoms with Gasteiger partial charge in [-0.15, -0.1) is 0 Å². The third kappa shape index (κ3) is 4.47. The first-order valence-electron chi connectivity index (χ1n) is 8.72. The zero-order valence-electron chi connectivity index (χ0n) is 15.5. The van der Waals surface area contributed by atoms with Gasteiger partial charge in [-0.05, 0) is 36.2 Å². The third-order valence-electron chi connectivity index (χ3n) is 4.33. The molecule has 0 fully saturated rings. The topological polar surface area (TPSA) is 86.5 Å². The van der Waals surface area contributed by atoms with Crippen LogP contribution in [0.4, 0.5) is 5.69 Å². The van der Waals surface area contributed by atoms with Crippen LogP contribution in [0.1, 0.15) is 11.3 Å². The Morgan fingerprint density at radius 3 is 2.67 bits per heavy atom. The van der Waals surface area contributed by atoms with Gasteiger partial charge >= 0.3 is 0 Å². The van der Waals surface area contributed by atoms with E-state index in [1.807, 2.05) is 48.5 Å². The van der Waals surface area contributed by atoms with E-state index >= 15 is 0 Å². The highest BCUT2D eigenvalue weighted by molar-refractivity contribution is 5.89. The van der Waals surface area contributed by atoms with Crippen molar-refractivity contribution in [2.75, 3.05) is 26.5 Å². The van der Waals surface area contributed by atoms with E-state index in [0.29, 0.717) is 35.8 Å². The highest BCUT2D eigenvalue weighted by Gasteiger charge is 2.08. The number of anilines is 1. The molecule has 27 heavy (non-hydrogen) atoms. The summed E-state index contributed by atoms with van der Waals surface area (Å²) < 4.78 is 10.5. The van der Waals surface area contributed by atoms with Gasteiger partial charge in [0.1, 0.15) is 0 Å². The first-order chi connectivity index (χ1) is 13.1. The number of fused-ring (bicyclic) bond motifs is 1. The van der Waals surface area contributed by atoms with Crippen molar-refractivity contribution >= 4 is 22.5 Å². The van der Waals surface area contributed by atoms with E-state index in [1.165, 1.54) is 0 Å². The van der Waals surface area contributed by atoms with Gasteiger partial charge in [-0.3, -0.25) is 9.78 Å². The predicted octanol–water partition coefficient (Wildman–Crippen LogP) is 2.74. The minimum atomic E-state index is -0.0724. The number of hydrogen-bond acceptors (Lipinski definition) is 5. The summed E-state index contributed by atoms with van der Waals surface area (Å²) in [7, 11) is 3.21. The van der Waals surface area contributed by atoms with Gasteiger partial charge in [-0.25, -0.2) is 0 Å². The van der Waals surface area contributed by atoms with Gasteiger partial charge in [0, 0.05) is 11.9 Å². The molecule has 140 valence electrons. The quantitative estimate of drug-likeness (QED) is 0.629. The minimum absolute atomic E-state index is 0.0724. The Balaban J connectivity index is 1.56. The Labute approximate surface area is 158 Å². The van der Waals surface area contributed by atoms with Crippen molar-refractivity contribution in [1.29, 1.82) is 0 Å². The molecule has 1 amide bonds. The van der Waals surface area contributed by atoms with E-state index in [9.17, 15) is 4.79 Å². The van der Waals surface area contributed by atoms with Crippen LogP contribution in [-0.4, -0.2) is 31.7 Å². The Morgan fingerprint density at radius 1 is 1.07 bits per heavy atom. The van der Waals surface area contributed by atoms with Crippen molar-refractivity contribution in [3.05, 3.63) is 59.8 Å². The van der Waals surface area contributed by atoms with Crippen LogP contribution in [-0.2, 0) is 17.6 Å². The Kier molecular flexibility index (Phi) is 5.76. The van der Waals surface area contributed by atoms with Gasteiger partial charge in [0.2, 0.25) is 5.91 Å². The Morgan fingerprint density at radius 2 is 1.89 bits per heavy atom. The normalized spacial score (nSPS) is 10.6. The van der Waals surface area contributed by atoms with E-state index in [2.05, 4.69) is 10.3 Å². The number of nitrogen functional groups attached to an aromatic ring is 1. The molecule has 0 aliphatic heterocycles. The molecule has 1 heterocycles. The number of benzene rings is 2. The maximum Gasteiger partial charge on any atom is 0.226 e. The number of hydrogen-bond donors (Lipinski definition) is 2. The number of carbonyl (C=O) groups excluding carboxylic acids is 1. The van der Waals surface area contributed by atoms with Gasteiger partial charge in [-0.2, -0.15) is 0 Å². The number of para-hydroxylation sites is 1. The zero-order chi connectivity index (χ0) is 19.2. The van der Waals surface area contributed by atoms with Gasteiger partial charge in [0.25, 0.3) is 0 Å². The van der Waals surface area contributed by atoms with Gasteiger partial charge < -0.3 is 20.5 Å². The second kappa shape index (κ2) is 8.40. The Hall–Kier alpha value is -3.28. The van der Waals surface area contributed by atoms with Crippen LogP contribution < -0.4 is 20.5 Å². The largest absolute Gasteiger partial charge is 0.493 e. The molecule has 6 nitrogen and oxygen atoms in total. The number of pyridine rings is 1. The molecule has 0 radical (unpaired) electrons. The summed E-state index contributed by atoms with van der Waals surface area (Å²) in [6.07, 6.45) is 0.917. The van der Waals surface area contributed by atoms with E-state index in [0.717, 1.165) is 16.5 Å². The monoisotopic (exact) mass is 365 g/mol. The van der Waals surface area contributed by atoms with Crippen LogP contribution >= 0.6 is 0 Å². The fourth-order valence-corrected chi connectivity index (χ4v) is 2.92. The number of carbonyl (C=O) groups is 1. The predicted molar refractivity (Wildman–Crippen MR) is 106 cm³/mol. The molecule has 0 saturated heterocycles. The van der Waals surface area contributed by atoms with Crippen molar-refractivity contribution in [3.8, 4) is 11.5 Å². The number of aromatic nitrogens is 1. The second-order valence-electron chi connectivity index (χ2n) is 6.19. The number of methoxy groups -OCH3 is 2. The lowest BCUT2D eigenvalue weighted by Gasteiger charge is -2.10. The van der Waals surface area contributed by atoms with Crippen molar-refractivity contribution < 1.29 is 14.3 Å². The van der Waals surface area contributed by atoms with Crippen molar-refractivity contribution in [1.82, 2.24) is 10.3 Å². The fraction of sp³-hybridized carbons (Fsp3) is 0.238. The zero-order valence-corrected chi connectivity index (χ0v) is 15.5. The molecule has 0 aliphatic rings. The summed E-state index contributed by atoms with van der Waals surface area (Å²) in [5.41, 5.74) is 9.06. The molecule has 3 rings (SSSR count). The lowest BCUT2D eigenvalue weighted by molar-refractivity contribution is -0.120. The summed E-state index contributed by atoms with van der Waals surface area (Å²) in [6.45, 7) is 0.532. The molecule has 0 unspecified atom stereocenters. The molecule has 6 heteroatoms. The summed E-state index contributed by atoms with van der Waals surface area (Å²) >= 11 is 0. The maximum absolute atomic E-state index is 12.2.